The van der Waals surface area contributed by atoms with Gasteiger partial charge in [-0.2, -0.15) is 0 Å². The van der Waals surface area contributed by atoms with E-state index in [1.54, 1.807) is 24.5 Å². The third-order valence-corrected chi connectivity index (χ3v) is 12.1. The molecule has 0 bridgehead atoms. The number of fused-ring (bicyclic) bond motifs is 1. The molecule has 0 N–H and O–H groups in total. The summed E-state index contributed by atoms with van der Waals surface area (Å²) in [6.07, 6.45) is 3.39. The van der Waals surface area contributed by atoms with Crippen molar-refractivity contribution in [1.29, 1.82) is 0 Å². The van der Waals surface area contributed by atoms with E-state index in [9.17, 15) is 4.39 Å². The normalized spacial score (nSPS) is 12.1. The summed E-state index contributed by atoms with van der Waals surface area (Å²) in [5.41, 5.74) is 6.93. The number of hydrogen-bond donors (Lipinski definition) is 0. The van der Waals surface area contributed by atoms with Crippen LogP contribution in [0.3, 0.4) is 0 Å². The SMILES string of the molecule is CC(C)[Si](C#Cc1cc2ccc(F)cc2n1-c1ncccn1)(C(C)C)C(C)C. The molecular weight excluding hydrogens is 365 g/mol. The van der Waals surface area contributed by atoms with Gasteiger partial charge in [-0.25, -0.2) is 14.4 Å². The van der Waals surface area contributed by atoms with Gasteiger partial charge in [0, 0.05) is 17.8 Å². The van der Waals surface area contributed by atoms with Crippen LogP contribution in [0.25, 0.3) is 16.9 Å². The van der Waals surface area contributed by atoms with Gasteiger partial charge in [0.25, 0.3) is 0 Å². The molecule has 0 aliphatic carbocycles. The first-order valence-corrected chi connectivity index (χ1v) is 12.1. The summed E-state index contributed by atoms with van der Waals surface area (Å²) in [5.74, 6) is 3.71. The van der Waals surface area contributed by atoms with Gasteiger partial charge in [-0.15, -0.1) is 5.54 Å². The van der Waals surface area contributed by atoms with E-state index in [1.165, 1.54) is 12.1 Å². The lowest BCUT2D eigenvalue weighted by Crippen LogP contribution is -2.43. The van der Waals surface area contributed by atoms with E-state index < -0.39 is 8.07 Å². The number of aromatic nitrogens is 3. The van der Waals surface area contributed by atoms with Gasteiger partial charge in [0.1, 0.15) is 13.9 Å². The topological polar surface area (TPSA) is 30.7 Å². The maximum Gasteiger partial charge on any atom is 0.235 e. The first-order valence-electron chi connectivity index (χ1n) is 9.89. The molecule has 2 heterocycles. The summed E-state index contributed by atoms with van der Waals surface area (Å²) in [7, 11) is -1.88. The Balaban J connectivity index is 2.27. The molecule has 0 unspecified atom stereocenters. The molecular formula is C23H28FN3Si. The maximum atomic E-state index is 14.0. The highest BCUT2D eigenvalue weighted by Crippen LogP contribution is 2.40. The molecule has 146 valence electrons. The molecule has 28 heavy (non-hydrogen) atoms. The van der Waals surface area contributed by atoms with Crippen molar-refractivity contribution in [2.75, 3.05) is 0 Å². The van der Waals surface area contributed by atoms with E-state index in [2.05, 4.69) is 63.0 Å². The van der Waals surface area contributed by atoms with Crippen LogP contribution >= 0.6 is 0 Å². The zero-order valence-corrected chi connectivity index (χ0v) is 18.5. The summed E-state index contributed by atoms with van der Waals surface area (Å²) in [5, 5.41) is 0.934. The van der Waals surface area contributed by atoms with Crippen molar-refractivity contribution in [2.24, 2.45) is 0 Å². The lowest BCUT2D eigenvalue weighted by molar-refractivity contribution is 0.629. The maximum absolute atomic E-state index is 14.0. The quantitative estimate of drug-likeness (QED) is 0.394. The minimum absolute atomic E-state index is 0.280. The van der Waals surface area contributed by atoms with Crippen LogP contribution in [-0.4, -0.2) is 22.6 Å². The van der Waals surface area contributed by atoms with Crippen LogP contribution in [-0.2, 0) is 0 Å². The average molecular weight is 394 g/mol. The fraction of sp³-hybridized carbons (Fsp3) is 0.391. The van der Waals surface area contributed by atoms with Gasteiger partial charge in [0.2, 0.25) is 5.95 Å². The fourth-order valence-corrected chi connectivity index (χ4v) is 9.70. The van der Waals surface area contributed by atoms with Crippen LogP contribution in [0.1, 0.15) is 47.2 Å². The van der Waals surface area contributed by atoms with Gasteiger partial charge in [0.15, 0.2) is 0 Å². The van der Waals surface area contributed by atoms with Crippen molar-refractivity contribution < 1.29 is 4.39 Å². The largest absolute Gasteiger partial charge is 0.271 e. The second-order valence-corrected chi connectivity index (χ2v) is 13.8. The second kappa shape index (κ2) is 7.88. The highest BCUT2D eigenvalue weighted by atomic mass is 28.3. The summed E-state index contributed by atoms with van der Waals surface area (Å²) in [6, 6.07) is 8.57. The van der Waals surface area contributed by atoms with Crippen molar-refractivity contribution in [1.82, 2.24) is 14.5 Å². The third-order valence-electron chi connectivity index (χ3n) is 5.79. The van der Waals surface area contributed by atoms with Crippen LogP contribution in [0.2, 0.25) is 16.6 Å². The van der Waals surface area contributed by atoms with E-state index in [4.69, 9.17) is 0 Å². The Morgan fingerprint density at radius 3 is 2.11 bits per heavy atom. The minimum Gasteiger partial charge on any atom is -0.271 e. The molecule has 0 saturated carbocycles. The summed E-state index contributed by atoms with van der Waals surface area (Å²) in [4.78, 5) is 8.77. The van der Waals surface area contributed by atoms with Gasteiger partial charge in [-0.1, -0.05) is 47.5 Å². The smallest absolute Gasteiger partial charge is 0.235 e. The predicted octanol–water partition coefficient (Wildman–Crippen LogP) is 6.13. The van der Waals surface area contributed by atoms with Gasteiger partial charge in [-0.05, 0) is 47.0 Å². The summed E-state index contributed by atoms with van der Waals surface area (Å²) >= 11 is 0. The van der Waals surface area contributed by atoms with Gasteiger partial charge in [0.05, 0.1) is 11.2 Å². The standard InChI is InChI=1S/C23H28FN3Si/c1-16(2)28(17(3)4,18(5)6)13-10-21-14-19-8-9-20(24)15-22(19)27(21)23-25-11-7-12-26-23/h7-9,11-12,14-18H,1-6H3. The predicted molar refractivity (Wildman–Crippen MR) is 117 cm³/mol. The van der Waals surface area contributed by atoms with Gasteiger partial charge >= 0.3 is 0 Å². The second-order valence-electron chi connectivity index (χ2n) is 8.26. The van der Waals surface area contributed by atoms with E-state index in [-0.39, 0.29) is 5.82 Å². The molecule has 3 aromatic rings. The van der Waals surface area contributed by atoms with Crippen LogP contribution in [0.4, 0.5) is 4.39 Å². The summed E-state index contributed by atoms with van der Waals surface area (Å²) < 4.78 is 15.8. The molecule has 0 aliphatic rings. The number of benzene rings is 1. The van der Waals surface area contributed by atoms with Crippen molar-refractivity contribution in [2.45, 2.75) is 58.2 Å². The van der Waals surface area contributed by atoms with E-state index >= 15 is 0 Å². The first kappa shape index (κ1) is 20.3. The Morgan fingerprint density at radius 2 is 1.54 bits per heavy atom. The molecule has 1 aromatic carbocycles. The van der Waals surface area contributed by atoms with Crippen LogP contribution in [0, 0.1) is 17.3 Å². The molecule has 0 saturated heterocycles. The first-order chi connectivity index (χ1) is 13.3. The fourth-order valence-electron chi connectivity index (χ4n) is 4.49. The van der Waals surface area contributed by atoms with Crippen LogP contribution in [0.5, 0.6) is 0 Å². The molecule has 0 amide bonds. The van der Waals surface area contributed by atoms with E-state index in [1.807, 2.05) is 10.6 Å². The highest BCUT2D eigenvalue weighted by Gasteiger charge is 2.41. The van der Waals surface area contributed by atoms with E-state index in [0.29, 0.717) is 22.6 Å². The highest BCUT2D eigenvalue weighted by molar-refractivity contribution is 6.90. The molecule has 0 atom stereocenters. The Kier molecular flexibility index (Phi) is 5.71. The van der Waals surface area contributed by atoms with Crippen molar-refractivity contribution in [3.8, 4) is 17.4 Å². The lowest BCUT2D eigenvalue weighted by Gasteiger charge is -2.38. The zero-order valence-electron chi connectivity index (χ0n) is 17.5. The van der Waals surface area contributed by atoms with Crippen molar-refractivity contribution in [3.63, 3.8) is 0 Å². The molecule has 0 aliphatic heterocycles. The number of halogens is 1. The van der Waals surface area contributed by atoms with Crippen LogP contribution < -0.4 is 0 Å². The Labute approximate surface area is 168 Å². The molecule has 0 fully saturated rings. The number of nitrogens with zero attached hydrogens (tertiary/aromatic N) is 3. The lowest BCUT2D eigenvalue weighted by atomic mass is 10.2. The van der Waals surface area contributed by atoms with Crippen LogP contribution in [0.15, 0.2) is 42.7 Å². The Hall–Kier alpha value is -2.45. The average Bonchev–Trinajstić information content (AvgIpc) is 2.99. The zero-order chi connectivity index (χ0) is 20.5. The summed E-state index contributed by atoms with van der Waals surface area (Å²) in [6.45, 7) is 13.8. The molecule has 0 radical (unpaired) electrons. The molecule has 2 aromatic heterocycles. The third kappa shape index (κ3) is 3.49. The molecule has 5 heteroatoms. The molecule has 3 nitrogen and oxygen atoms in total. The van der Waals surface area contributed by atoms with Crippen molar-refractivity contribution >= 4 is 19.0 Å². The minimum atomic E-state index is -1.88. The van der Waals surface area contributed by atoms with Crippen molar-refractivity contribution in [3.05, 3.63) is 54.2 Å². The number of rotatable bonds is 4. The Morgan fingerprint density at radius 1 is 0.929 bits per heavy atom. The molecule has 3 rings (SSSR count). The monoisotopic (exact) mass is 393 g/mol. The molecule has 0 spiro atoms. The van der Waals surface area contributed by atoms with E-state index in [0.717, 1.165) is 16.6 Å². The van der Waals surface area contributed by atoms with Gasteiger partial charge in [-0.3, -0.25) is 4.57 Å². The number of hydrogen-bond acceptors (Lipinski definition) is 2. The van der Waals surface area contributed by atoms with Gasteiger partial charge < -0.3 is 0 Å². The Bertz CT molecular complexity index is 1000.